The molecule has 0 spiro atoms. The average Bonchev–Trinajstić information content (AvgIpc) is 2.43. The van der Waals surface area contributed by atoms with Gasteiger partial charge in [0.05, 0.1) is 0 Å². The van der Waals surface area contributed by atoms with Crippen LogP contribution in [0, 0.1) is 11.8 Å². The second-order valence-electron chi connectivity index (χ2n) is 5.02. The fourth-order valence-corrected chi connectivity index (χ4v) is 2.19. The van der Waals surface area contributed by atoms with Gasteiger partial charge in [0, 0.05) is 6.04 Å². The van der Waals surface area contributed by atoms with E-state index in [1.54, 1.807) is 0 Å². The molecule has 0 aliphatic heterocycles. The summed E-state index contributed by atoms with van der Waals surface area (Å²) >= 11 is 0. The molecule has 2 rings (SSSR count). The second-order valence-corrected chi connectivity index (χ2v) is 5.02. The molecule has 0 saturated heterocycles. The third-order valence-electron chi connectivity index (χ3n) is 3.40. The predicted octanol–water partition coefficient (Wildman–Crippen LogP) is 4.65. The van der Waals surface area contributed by atoms with Crippen molar-refractivity contribution >= 4 is 0 Å². The Morgan fingerprint density at radius 2 is 0.941 bits per heavy atom. The monoisotopic (exact) mass is 237 g/mol. The minimum atomic E-state index is 0.536. The van der Waals surface area contributed by atoms with Gasteiger partial charge in [-0.15, -0.1) is 11.8 Å². The van der Waals surface area contributed by atoms with Gasteiger partial charge in [0.2, 0.25) is 0 Å². The van der Waals surface area contributed by atoms with Crippen molar-refractivity contribution in [2.75, 3.05) is 0 Å². The van der Waals surface area contributed by atoms with Gasteiger partial charge in [-0.05, 0) is 26.7 Å². The highest BCUT2D eigenvalue weighted by Gasteiger charge is 2.06. The van der Waals surface area contributed by atoms with Crippen LogP contribution in [-0.4, -0.2) is 6.04 Å². The number of rotatable bonds is 0. The molecular weight excluding hydrogens is 206 g/mol. The number of hydrogen-bond donors (Lipinski definition) is 1. The van der Waals surface area contributed by atoms with E-state index in [9.17, 15) is 0 Å². The first-order valence-corrected chi connectivity index (χ1v) is 7.40. The second kappa shape index (κ2) is 13.6. The van der Waals surface area contributed by atoms with Gasteiger partial charge in [0.1, 0.15) is 0 Å². The minimum Gasteiger partial charge on any atom is -0.328 e. The summed E-state index contributed by atoms with van der Waals surface area (Å²) in [6, 6.07) is 0.536. The Balaban J connectivity index is 0.000000236. The van der Waals surface area contributed by atoms with E-state index in [1.165, 1.54) is 70.6 Å². The van der Waals surface area contributed by atoms with Crippen LogP contribution in [0.25, 0.3) is 0 Å². The molecule has 2 fully saturated rings. The summed E-state index contributed by atoms with van der Waals surface area (Å²) in [6.45, 7) is 3.64. The van der Waals surface area contributed by atoms with Gasteiger partial charge in [0.15, 0.2) is 0 Å². The lowest BCUT2D eigenvalue weighted by molar-refractivity contribution is 0.441. The van der Waals surface area contributed by atoms with Crippen molar-refractivity contribution in [2.24, 2.45) is 5.73 Å². The molecule has 0 amide bonds. The molecule has 0 aromatic rings. The molecule has 0 bridgehead atoms. The number of nitrogens with two attached hydrogens (primary N) is 1. The highest BCUT2D eigenvalue weighted by molar-refractivity contribution is 4.89. The van der Waals surface area contributed by atoms with Crippen molar-refractivity contribution in [3.05, 3.63) is 0 Å². The van der Waals surface area contributed by atoms with Gasteiger partial charge < -0.3 is 5.73 Å². The Bertz CT molecular complexity index is 172. The highest BCUT2D eigenvalue weighted by Crippen LogP contribution is 2.15. The van der Waals surface area contributed by atoms with Gasteiger partial charge in [-0.2, -0.15) is 0 Å². The van der Waals surface area contributed by atoms with E-state index in [4.69, 9.17) is 5.73 Å². The lowest BCUT2D eigenvalue weighted by Gasteiger charge is -2.15. The van der Waals surface area contributed by atoms with Crippen molar-refractivity contribution < 1.29 is 0 Å². The fourth-order valence-electron chi connectivity index (χ4n) is 2.19. The third kappa shape index (κ3) is 13.5. The van der Waals surface area contributed by atoms with Crippen LogP contribution in [0.2, 0.25) is 0 Å². The predicted molar refractivity (Wildman–Crippen MR) is 77.9 cm³/mol. The molecule has 1 nitrogen and oxygen atoms in total. The van der Waals surface area contributed by atoms with Crippen molar-refractivity contribution in [1.29, 1.82) is 0 Å². The van der Waals surface area contributed by atoms with Crippen molar-refractivity contribution in [3.63, 3.8) is 0 Å². The highest BCUT2D eigenvalue weighted by atomic mass is 14.6. The lowest BCUT2D eigenvalue weighted by Crippen LogP contribution is -2.22. The Labute approximate surface area is 109 Å². The van der Waals surface area contributed by atoms with E-state index in [0.717, 1.165) is 0 Å². The quantitative estimate of drug-likeness (QED) is 0.610. The molecule has 2 aliphatic carbocycles. The molecule has 0 aromatic carbocycles. The van der Waals surface area contributed by atoms with Crippen LogP contribution in [0.4, 0.5) is 0 Å². The van der Waals surface area contributed by atoms with E-state index in [0.29, 0.717) is 6.04 Å². The molecule has 17 heavy (non-hydrogen) atoms. The van der Waals surface area contributed by atoms with E-state index >= 15 is 0 Å². The molecule has 2 aliphatic rings. The zero-order valence-electron chi connectivity index (χ0n) is 11.9. The van der Waals surface area contributed by atoms with Gasteiger partial charge in [0.25, 0.3) is 0 Å². The minimum absolute atomic E-state index is 0.536. The van der Waals surface area contributed by atoms with E-state index < -0.39 is 0 Å². The van der Waals surface area contributed by atoms with Crippen molar-refractivity contribution in [3.8, 4) is 11.8 Å². The smallest absolute Gasteiger partial charge is 0.00388 e. The topological polar surface area (TPSA) is 26.0 Å². The summed E-state index contributed by atoms with van der Waals surface area (Å²) in [4.78, 5) is 0. The third-order valence-corrected chi connectivity index (χ3v) is 3.40. The van der Waals surface area contributed by atoms with Gasteiger partial charge in [-0.25, -0.2) is 0 Å². The molecule has 2 N–H and O–H groups in total. The Morgan fingerprint density at radius 1 is 0.647 bits per heavy atom. The zero-order valence-corrected chi connectivity index (χ0v) is 11.9. The fraction of sp³-hybridized carbons (Fsp3) is 0.875. The van der Waals surface area contributed by atoms with E-state index in [2.05, 4.69) is 11.8 Å². The first kappa shape index (κ1) is 16.5. The molecule has 2 saturated carbocycles. The first-order chi connectivity index (χ1) is 8.31. The van der Waals surface area contributed by atoms with Crippen molar-refractivity contribution in [1.82, 2.24) is 0 Å². The largest absolute Gasteiger partial charge is 0.328 e. The zero-order chi connectivity index (χ0) is 12.8. The van der Waals surface area contributed by atoms with E-state index in [1.807, 2.05) is 13.8 Å². The molecule has 0 radical (unpaired) electrons. The van der Waals surface area contributed by atoms with Gasteiger partial charge >= 0.3 is 0 Å². The molecule has 100 valence electrons. The molecule has 1 heteroatoms. The average molecular weight is 237 g/mol. The summed E-state index contributed by atoms with van der Waals surface area (Å²) < 4.78 is 0. The van der Waals surface area contributed by atoms with Gasteiger partial charge in [-0.3, -0.25) is 0 Å². The Hall–Kier alpha value is -0.480. The maximum atomic E-state index is 5.63. The standard InChI is InChI=1S/C6H13N.C6H12.C4H6/c7-6-4-2-1-3-5-6;1-2-4-6-5-3-1;1-3-4-2/h6H,1-5,7H2;1-6H2;1-2H3. The van der Waals surface area contributed by atoms with Crippen LogP contribution < -0.4 is 5.73 Å². The Kier molecular flexibility index (Phi) is 13.2. The number of hydrogen-bond acceptors (Lipinski definition) is 1. The normalized spacial score (nSPS) is 19.7. The summed E-state index contributed by atoms with van der Waals surface area (Å²) in [5.41, 5.74) is 5.63. The van der Waals surface area contributed by atoms with Gasteiger partial charge in [-0.1, -0.05) is 57.8 Å². The van der Waals surface area contributed by atoms with Crippen LogP contribution in [-0.2, 0) is 0 Å². The molecule has 0 aromatic heterocycles. The maximum Gasteiger partial charge on any atom is 0.00388 e. The van der Waals surface area contributed by atoms with Crippen LogP contribution in [0.5, 0.6) is 0 Å². The summed E-state index contributed by atoms with van der Waals surface area (Å²) in [6.07, 6.45) is 15.7. The molecule has 0 unspecified atom stereocenters. The van der Waals surface area contributed by atoms with Crippen molar-refractivity contribution in [2.45, 2.75) is 90.5 Å². The first-order valence-electron chi connectivity index (χ1n) is 7.40. The maximum absolute atomic E-state index is 5.63. The molecule has 0 atom stereocenters. The summed E-state index contributed by atoms with van der Waals surface area (Å²) in [5.74, 6) is 5.36. The SMILES string of the molecule is C1CCCCC1.CC#CC.NC1CCCCC1. The lowest BCUT2D eigenvalue weighted by atomic mass is 9.97. The Morgan fingerprint density at radius 3 is 1.12 bits per heavy atom. The van der Waals surface area contributed by atoms with Crippen LogP contribution >= 0.6 is 0 Å². The summed E-state index contributed by atoms with van der Waals surface area (Å²) in [5, 5.41) is 0. The summed E-state index contributed by atoms with van der Waals surface area (Å²) in [7, 11) is 0. The van der Waals surface area contributed by atoms with E-state index in [-0.39, 0.29) is 0 Å². The van der Waals surface area contributed by atoms with Crippen LogP contribution in [0.1, 0.15) is 84.5 Å². The van der Waals surface area contributed by atoms with Crippen LogP contribution in [0.3, 0.4) is 0 Å². The van der Waals surface area contributed by atoms with Crippen LogP contribution in [0.15, 0.2) is 0 Å². The molecular formula is C16H31N. The molecule has 0 heterocycles.